The zero-order valence-corrected chi connectivity index (χ0v) is 15.1. The summed E-state index contributed by atoms with van der Waals surface area (Å²) in [5, 5.41) is 5.60. The molecule has 0 radical (unpaired) electrons. The molecule has 0 unspecified atom stereocenters. The Morgan fingerprint density at radius 3 is 2.89 bits per heavy atom. The second kappa shape index (κ2) is 6.35. The largest absolute Gasteiger partial charge is 0.416 e. The van der Waals surface area contributed by atoms with Crippen LogP contribution in [-0.2, 0) is 11.3 Å². The van der Waals surface area contributed by atoms with E-state index in [0.29, 0.717) is 24.6 Å². The fraction of sp³-hybridized carbons (Fsp3) is 0.350. The lowest BCUT2D eigenvalue weighted by Gasteiger charge is -2.29. The van der Waals surface area contributed by atoms with Crippen molar-refractivity contribution in [3.63, 3.8) is 0 Å². The summed E-state index contributed by atoms with van der Waals surface area (Å²) >= 11 is 0. The maximum Gasteiger partial charge on any atom is 0.416 e. The van der Waals surface area contributed by atoms with Crippen LogP contribution in [0.2, 0.25) is 0 Å². The predicted octanol–water partition coefficient (Wildman–Crippen LogP) is 3.22. The van der Waals surface area contributed by atoms with Gasteiger partial charge < -0.3 is 14.4 Å². The van der Waals surface area contributed by atoms with Crippen molar-refractivity contribution in [2.45, 2.75) is 32.4 Å². The maximum absolute atomic E-state index is 12.4. The Kier molecular flexibility index (Phi) is 3.82. The van der Waals surface area contributed by atoms with E-state index in [4.69, 9.17) is 9.47 Å². The molecular formula is C20H20N4O3. The third-order valence-electron chi connectivity index (χ3n) is 5.13. The number of aryl methyl sites for hydroxylation is 1. The second-order valence-corrected chi connectivity index (χ2v) is 7.04. The summed E-state index contributed by atoms with van der Waals surface area (Å²) < 4.78 is 13.0. The first-order chi connectivity index (χ1) is 13.2. The molecule has 2 aliphatic rings. The zero-order valence-electron chi connectivity index (χ0n) is 15.1. The minimum atomic E-state index is -0.368. The predicted molar refractivity (Wildman–Crippen MR) is 99.0 cm³/mol. The summed E-state index contributed by atoms with van der Waals surface area (Å²) in [6.07, 6.45) is 1.76. The van der Waals surface area contributed by atoms with Gasteiger partial charge in [0.2, 0.25) is 5.88 Å². The van der Waals surface area contributed by atoms with E-state index in [0.717, 1.165) is 41.8 Å². The van der Waals surface area contributed by atoms with Crippen molar-refractivity contribution >= 4 is 17.1 Å². The lowest BCUT2D eigenvalue weighted by atomic mass is 10.1. The van der Waals surface area contributed by atoms with Gasteiger partial charge in [-0.25, -0.2) is 9.48 Å². The van der Waals surface area contributed by atoms with Crippen LogP contribution in [0.5, 0.6) is 5.88 Å². The van der Waals surface area contributed by atoms with Gasteiger partial charge in [0, 0.05) is 17.6 Å². The average molecular weight is 364 g/mol. The molecular weight excluding hydrogens is 344 g/mol. The number of pyridine rings is 1. The molecule has 5 rings (SSSR count). The van der Waals surface area contributed by atoms with E-state index in [2.05, 4.69) is 10.1 Å². The molecule has 7 nitrogen and oxygen atoms in total. The van der Waals surface area contributed by atoms with Gasteiger partial charge in [-0.3, -0.25) is 0 Å². The van der Waals surface area contributed by atoms with Crippen LogP contribution in [0.15, 0.2) is 36.4 Å². The summed E-state index contributed by atoms with van der Waals surface area (Å²) in [4.78, 5) is 18.8. The second-order valence-electron chi connectivity index (χ2n) is 7.04. The minimum Gasteiger partial charge on any atom is -0.391 e. The van der Waals surface area contributed by atoms with Gasteiger partial charge in [-0.15, -0.1) is 0 Å². The van der Waals surface area contributed by atoms with Crippen molar-refractivity contribution in [3.05, 3.63) is 47.7 Å². The Bertz CT molecular complexity index is 1010. The lowest BCUT2D eigenvalue weighted by Crippen LogP contribution is -2.41. The molecule has 2 aliphatic heterocycles. The minimum absolute atomic E-state index is 0.0957. The standard InChI is InChI=1S/C20H20N4O3/c1-13-17-10-14-11-23(12-16-8-5-9-26-16)20(25)27-19(14)21-18(17)24(22-13)15-6-3-2-4-7-15/h2-4,6-7,10,16H,5,8-9,11-12H2,1H3/t16-/m1/s1. The topological polar surface area (TPSA) is 69.5 Å². The molecule has 1 fully saturated rings. The number of hydrogen-bond acceptors (Lipinski definition) is 5. The van der Waals surface area contributed by atoms with E-state index in [1.165, 1.54) is 0 Å². The normalized spacial score (nSPS) is 19.4. The molecule has 1 saturated heterocycles. The molecule has 1 aromatic carbocycles. The first-order valence-corrected chi connectivity index (χ1v) is 9.22. The van der Waals surface area contributed by atoms with Crippen molar-refractivity contribution in [2.75, 3.05) is 13.2 Å². The van der Waals surface area contributed by atoms with Gasteiger partial charge in [0.15, 0.2) is 5.65 Å². The zero-order chi connectivity index (χ0) is 18.4. The average Bonchev–Trinajstić information content (AvgIpc) is 3.30. The number of nitrogens with zero attached hydrogens (tertiary/aromatic N) is 4. The molecule has 27 heavy (non-hydrogen) atoms. The highest BCUT2D eigenvalue weighted by Crippen LogP contribution is 2.31. The number of amides is 1. The highest BCUT2D eigenvalue weighted by atomic mass is 16.6. The number of carbonyl (C=O) groups is 1. The van der Waals surface area contributed by atoms with E-state index in [-0.39, 0.29) is 12.2 Å². The lowest BCUT2D eigenvalue weighted by molar-refractivity contribution is 0.0641. The third kappa shape index (κ3) is 2.84. The molecule has 1 amide bonds. The van der Waals surface area contributed by atoms with Crippen LogP contribution in [0, 0.1) is 6.92 Å². The number of para-hydroxylation sites is 1. The molecule has 4 heterocycles. The van der Waals surface area contributed by atoms with Gasteiger partial charge in [0.1, 0.15) is 0 Å². The number of ether oxygens (including phenoxy) is 2. The molecule has 0 spiro atoms. The van der Waals surface area contributed by atoms with Crippen LogP contribution in [0.3, 0.4) is 0 Å². The van der Waals surface area contributed by atoms with Gasteiger partial charge in [-0.2, -0.15) is 10.1 Å². The smallest absolute Gasteiger partial charge is 0.391 e. The molecule has 0 bridgehead atoms. The number of benzene rings is 1. The fourth-order valence-electron chi connectivity index (χ4n) is 3.75. The molecule has 3 aromatic rings. The van der Waals surface area contributed by atoms with Crippen LogP contribution < -0.4 is 4.74 Å². The van der Waals surface area contributed by atoms with Crippen LogP contribution in [0.4, 0.5) is 4.79 Å². The number of aromatic nitrogens is 3. The van der Waals surface area contributed by atoms with Gasteiger partial charge in [0.25, 0.3) is 0 Å². The van der Waals surface area contributed by atoms with Crippen molar-refractivity contribution in [1.29, 1.82) is 0 Å². The molecule has 2 aromatic heterocycles. The van der Waals surface area contributed by atoms with E-state index in [1.54, 1.807) is 9.58 Å². The summed E-state index contributed by atoms with van der Waals surface area (Å²) in [5.74, 6) is 0.369. The van der Waals surface area contributed by atoms with E-state index >= 15 is 0 Å². The molecule has 138 valence electrons. The monoisotopic (exact) mass is 364 g/mol. The molecule has 1 atom stereocenters. The van der Waals surface area contributed by atoms with E-state index in [1.807, 2.05) is 43.3 Å². The van der Waals surface area contributed by atoms with Crippen LogP contribution in [-0.4, -0.2) is 45.0 Å². The van der Waals surface area contributed by atoms with E-state index in [9.17, 15) is 4.79 Å². The Balaban J connectivity index is 1.52. The SMILES string of the molecule is Cc1nn(-c2ccccc2)c2nc3c(cc12)CN(C[C@H]1CCCO1)C(=O)O3. The van der Waals surface area contributed by atoms with Gasteiger partial charge in [0.05, 0.1) is 30.6 Å². The summed E-state index contributed by atoms with van der Waals surface area (Å²) in [6.45, 7) is 3.77. The quantitative estimate of drug-likeness (QED) is 0.714. The van der Waals surface area contributed by atoms with Gasteiger partial charge in [-0.1, -0.05) is 18.2 Å². The summed E-state index contributed by atoms with van der Waals surface area (Å²) in [5.41, 5.74) is 3.41. The Morgan fingerprint density at radius 1 is 1.26 bits per heavy atom. The van der Waals surface area contributed by atoms with Crippen molar-refractivity contribution in [2.24, 2.45) is 0 Å². The third-order valence-corrected chi connectivity index (χ3v) is 5.13. The summed E-state index contributed by atoms with van der Waals surface area (Å²) in [6, 6.07) is 11.9. The molecule has 7 heteroatoms. The van der Waals surface area contributed by atoms with Crippen LogP contribution >= 0.6 is 0 Å². The number of carbonyl (C=O) groups excluding carboxylic acids is 1. The number of fused-ring (bicyclic) bond motifs is 2. The Morgan fingerprint density at radius 2 is 2.11 bits per heavy atom. The first kappa shape index (κ1) is 16.3. The molecule has 0 N–H and O–H groups in total. The van der Waals surface area contributed by atoms with Gasteiger partial charge >= 0.3 is 6.09 Å². The Hall–Kier alpha value is -2.93. The van der Waals surface area contributed by atoms with E-state index < -0.39 is 0 Å². The first-order valence-electron chi connectivity index (χ1n) is 9.22. The highest BCUT2D eigenvalue weighted by Gasteiger charge is 2.30. The highest BCUT2D eigenvalue weighted by molar-refractivity contribution is 5.83. The van der Waals surface area contributed by atoms with Crippen LogP contribution in [0.1, 0.15) is 24.1 Å². The number of hydrogen-bond donors (Lipinski definition) is 0. The maximum atomic E-state index is 12.4. The number of rotatable bonds is 3. The fourth-order valence-corrected chi connectivity index (χ4v) is 3.75. The van der Waals surface area contributed by atoms with Crippen molar-refractivity contribution in [1.82, 2.24) is 19.7 Å². The molecule has 0 saturated carbocycles. The van der Waals surface area contributed by atoms with Crippen molar-refractivity contribution in [3.8, 4) is 11.6 Å². The van der Waals surface area contributed by atoms with Gasteiger partial charge in [-0.05, 0) is 38.0 Å². The molecule has 0 aliphatic carbocycles. The Labute approximate surface area is 156 Å². The van der Waals surface area contributed by atoms with Crippen LogP contribution in [0.25, 0.3) is 16.7 Å². The van der Waals surface area contributed by atoms with Crippen molar-refractivity contribution < 1.29 is 14.3 Å². The summed E-state index contributed by atoms with van der Waals surface area (Å²) in [7, 11) is 0.